The van der Waals surface area contributed by atoms with Gasteiger partial charge in [-0.3, -0.25) is 4.79 Å². The van der Waals surface area contributed by atoms with E-state index in [-0.39, 0.29) is 11.5 Å². The van der Waals surface area contributed by atoms with Gasteiger partial charge in [0.2, 0.25) is 0 Å². The lowest BCUT2D eigenvalue weighted by Crippen LogP contribution is -2.00. The van der Waals surface area contributed by atoms with E-state index in [9.17, 15) is 9.90 Å². The van der Waals surface area contributed by atoms with Crippen LogP contribution in [0.25, 0.3) is 0 Å². The highest BCUT2D eigenvalue weighted by Gasteiger charge is 2.10. The zero-order valence-electron chi connectivity index (χ0n) is 6.76. The molecule has 0 aromatic heterocycles. The van der Waals surface area contributed by atoms with E-state index in [1.807, 2.05) is 0 Å². The topological polar surface area (TPSA) is 37.3 Å². The van der Waals surface area contributed by atoms with Crippen molar-refractivity contribution in [1.82, 2.24) is 0 Å². The van der Waals surface area contributed by atoms with Crippen molar-refractivity contribution in [3.63, 3.8) is 0 Å². The molecule has 0 unspecified atom stereocenters. The number of Topliss-reactive ketones (excluding diaryl/α,β-unsaturated/α-hetero) is 1. The number of phenols is 1. The molecule has 0 aliphatic heterocycles. The summed E-state index contributed by atoms with van der Waals surface area (Å²) in [5.74, 6) is 0.0271. The predicted octanol–water partition coefficient (Wildman–Crippen LogP) is 2.96. The highest BCUT2D eigenvalue weighted by molar-refractivity contribution is 14.1. The van der Waals surface area contributed by atoms with Crippen molar-refractivity contribution in [2.45, 2.75) is 6.42 Å². The first-order valence-electron chi connectivity index (χ1n) is 3.73. The van der Waals surface area contributed by atoms with Crippen LogP contribution in [-0.4, -0.2) is 16.2 Å². The van der Waals surface area contributed by atoms with Gasteiger partial charge in [-0.2, -0.15) is 0 Å². The summed E-state index contributed by atoms with van der Waals surface area (Å²) in [6.45, 7) is 0. The Bertz CT molecular complexity index is 325. The molecule has 0 bridgehead atoms. The molecule has 1 aromatic carbocycles. The van der Waals surface area contributed by atoms with E-state index < -0.39 is 0 Å². The molecule has 70 valence electrons. The molecule has 1 rings (SSSR count). The first-order valence-corrected chi connectivity index (χ1v) is 5.93. The smallest absolute Gasteiger partial charge is 0.167 e. The van der Waals surface area contributed by atoms with Crippen LogP contribution in [0, 0.1) is 3.57 Å². The van der Waals surface area contributed by atoms with Crippen molar-refractivity contribution >= 4 is 44.3 Å². The first kappa shape index (κ1) is 11.0. The zero-order chi connectivity index (χ0) is 9.84. The molecule has 0 radical (unpaired) electrons. The maximum absolute atomic E-state index is 11.4. The summed E-state index contributed by atoms with van der Waals surface area (Å²) >= 11 is 5.29. The summed E-state index contributed by atoms with van der Waals surface area (Å²) in [7, 11) is 0. The Hall–Kier alpha value is -0.100. The van der Waals surface area contributed by atoms with Crippen LogP contribution in [0.2, 0.25) is 0 Å². The van der Waals surface area contributed by atoms with Crippen LogP contribution in [0.3, 0.4) is 0 Å². The average Bonchev–Trinajstić information content (AvgIpc) is 2.09. The fourth-order valence-electron chi connectivity index (χ4n) is 0.952. The second-order valence-corrected chi connectivity index (χ2v) is 4.56. The molecule has 0 saturated heterocycles. The van der Waals surface area contributed by atoms with Crippen LogP contribution in [0.1, 0.15) is 16.8 Å². The van der Waals surface area contributed by atoms with Crippen molar-refractivity contribution in [3.8, 4) is 5.75 Å². The summed E-state index contributed by atoms with van der Waals surface area (Å²) in [5.41, 5.74) is 0.409. The van der Waals surface area contributed by atoms with Crippen molar-refractivity contribution in [2.75, 3.05) is 5.33 Å². The number of benzene rings is 1. The van der Waals surface area contributed by atoms with Gasteiger partial charge in [-0.1, -0.05) is 15.9 Å². The summed E-state index contributed by atoms with van der Waals surface area (Å²) in [4.78, 5) is 11.4. The maximum atomic E-state index is 11.4. The van der Waals surface area contributed by atoms with Crippen LogP contribution >= 0.6 is 38.5 Å². The van der Waals surface area contributed by atoms with Gasteiger partial charge in [-0.15, -0.1) is 0 Å². The number of phenolic OH excluding ortho intramolecular Hbond substituents is 1. The van der Waals surface area contributed by atoms with Crippen molar-refractivity contribution in [1.29, 1.82) is 0 Å². The van der Waals surface area contributed by atoms with Gasteiger partial charge in [0, 0.05) is 15.3 Å². The van der Waals surface area contributed by atoms with Crippen molar-refractivity contribution < 1.29 is 9.90 Å². The molecule has 0 amide bonds. The lowest BCUT2D eigenvalue weighted by atomic mass is 10.1. The molecule has 13 heavy (non-hydrogen) atoms. The van der Waals surface area contributed by atoms with E-state index in [2.05, 4.69) is 38.5 Å². The summed E-state index contributed by atoms with van der Waals surface area (Å²) in [5, 5.41) is 10.0. The summed E-state index contributed by atoms with van der Waals surface area (Å²) in [6, 6.07) is 5.00. The average molecular weight is 355 g/mol. The number of carbonyl (C=O) groups is 1. The van der Waals surface area contributed by atoms with E-state index in [4.69, 9.17) is 0 Å². The number of carbonyl (C=O) groups excluding carboxylic acids is 1. The van der Waals surface area contributed by atoms with Crippen molar-refractivity contribution in [2.24, 2.45) is 0 Å². The number of alkyl halides is 1. The maximum Gasteiger partial charge on any atom is 0.167 e. The minimum absolute atomic E-state index is 0.0344. The van der Waals surface area contributed by atoms with Gasteiger partial charge >= 0.3 is 0 Å². The van der Waals surface area contributed by atoms with Gasteiger partial charge in [0.05, 0.1) is 5.56 Å². The summed E-state index contributed by atoms with van der Waals surface area (Å²) < 4.78 is 0.952. The van der Waals surface area contributed by atoms with Crippen LogP contribution in [-0.2, 0) is 0 Å². The normalized spacial score (nSPS) is 10.0. The predicted molar refractivity (Wildman–Crippen MR) is 63.6 cm³/mol. The Labute approximate surface area is 98.6 Å². The molecule has 1 aromatic rings. The minimum atomic E-state index is -0.0344. The number of hydrogen-bond acceptors (Lipinski definition) is 2. The molecule has 0 fully saturated rings. The second kappa shape index (κ2) is 4.95. The SMILES string of the molecule is O=C(CCBr)c1cc(I)ccc1O. The third-order valence-electron chi connectivity index (χ3n) is 1.58. The monoisotopic (exact) mass is 354 g/mol. The molecule has 0 saturated carbocycles. The number of ketones is 1. The van der Waals surface area contributed by atoms with Crippen LogP contribution in [0.5, 0.6) is 5.75 Å². The Morgan fingerprint density at radius 3 is 2.85 bits per heavy atom. The highest BCUT2D eigenvalue weighted by Crippen LogP contribution is 2.21. The fourth-order valence-corrected chi connectivity index (χ4v) is 1.80. The number of rotatable bonds is 3. The molecule has 0 aliphatic rings. The number of hydrogen-bond donors (Lipinski definition) is 1. The molecule has 0 heterocycles. The summed E-state index contributed by atoms with van der Waals surface area (Å²) in [6.07, 6.45) is 0.410. The second-order valence-electron chi connectivity index (χ2n) is 2.52. The van der Waals surface area contributed by atoms with Gasteiger partial charge < -0.3 is 5.11 Å². The van der Waals surface area contributed by atoms with Gasteiger partial charge in [0.15, 0.2) is 5.78 Å². The standard InChI is InChI=1S/C9H8BrIO2/c10-4-3-9(13)7-5-6(11)1-2-8(7)12/h1-2,5,12H,3-4H2. The number of aromatic hydroxyl groups is 1. The van der Waals surface area contributed by atoms with E-state index in [1.165, 1.54) is 0 Å². The van der Waals surface area contributed by atoms with E-state index >= 15 is 0 Å². The number of halogens is 2. The lowest BCUT2D eigenvalue weighted by molar-refractivity contribution is 0.0987. The third-order valence-corrected chi connectivity index (χ3v) is 2.65. The zero-order valence-corrected chi connectivity index (χ0v) is 10.5. The lowest BCUT2D eigenvalue weighted by Gasteiger charge is -2.02. The van der Waals surface area contributed by atoms with Crippen LogP contribution in [0.15, 0.2) is 18.2 Å². The van der Waals surface area contributed by atoms with E-state index in [1.54, 1.807) is 18.2 Å². The van der Waals surface area contributed by atoms with E-state index in [0.29, 0.717) is 17.3 Å². The molecular weight excluding hydrogens is 347 g/mol. The minimum Gasteiger partial charge on any atom is -0.507 e. The van der Waals surface area contributed by atoms with Crippen LogP contribution < -0.4 is 0 Å². The molecule has 2 nitrogen and oxygen atoms in total. The molecule has 0 atom stereocenters. The third kappa shape index (κ3) is 2.95. The molecule has 0 aliphatic carbocycles. The fraction of sp³-hybridized carbons (Fsp3) is 0.222. The Morgan fingerprint density at radius 1 is 1.54 bits per heavy atom. The molecular formula is C9H8BrIO2. The van der Waals surface area contributed by atoms with E-state index in [0.717, 1.165) is 3.57 Å². The van der Waals surface area contributed by atoms with Gasteiger partial charge in [0.25, 0.3) is 0 Å². The van der Waals surface area contributed by atoms with Crippen molar-refractivity contribution in [3.05, 3.63) is 27.3 Å². The van der Waals surface area contributed by atoms with Gasteiger partial charge in [0.1, 0.15) is 5.75 Å². The Morgan fingerprint density at radius 2 is 2.23 bits per heavy atom. The largest absolute Gasteiger partial charge is 0.507 e. The molecule has 0 spiro atoms. The first-order chi connectivity index (χ1) is 6.15. The molecule has 1 N–H and O–H groups in total. The Balaban J connectivity index is 2.99. The Kier molecular flexibility index (Phi) is 4.18. The highest BCUT2D eigenvalue weighted by atomic mass is 127. The van der Waals surface area contributed by atoms with Crippen LogP contribution in [0.4, 0.5) is 0 Å². The molecule has 4 heteroatoms. The van der Waals surface area contributed by atoms with Gasteiger partial charge in [-0.05, 0) is 40.8 Å². The van der Waals surface area contributed by atoms with Gasteiger partial charge in [-0.25, -0.2) is 0 Å². The quantitative estimate of drug-likeness (QED) is 0.514.